The summed E-state index contributed by atoms with van der Waals surface area (Å²) < 4.78 is 6.14. The van der Waals surface area contributed by atoms with Crippen molar-refractivity contribution in [3.63, 3.8) is 0 Å². The van der Waals surface area contributed by atoms with Crippen LogP contribution in [0.4, 0.5) is 0 Å². The minimum atomic E-state index is 0.254. The Labute approximate surface area is 121 Å². The Morgan fingerprint density at radius 3 is 3.15 bits per heavy atom. The molecular weight excluding hydrogens is 250 g/mol. The van der Waals surface area contributed by atoms with Crippen molar-refractivity contribution >= 4 is 0 Å². The topological polar surface area (TPSA) is 28.6 Å². The van der Waals surface area contributed by atoms with Gasteiger partial charge in [-0.1, -0.05) is 6.07 Å². The van der Waals surface area contributed by atoms with Gasteiger partial charge in [-0.2, -0.15) is 0 Å². The van der Waals surface area contributed by atoms with E-state index in [1.165, 1.54) is 24.9 Å². The number of hydrogen-bond donors (Lipinski definition) is 0. The Morgan fingerprint density at radius 1 is 1.45 bits per heavy atom. The molecule has 0 aliphatic carbocycles. The van der Waals surface area contributed by atoms with E-state index in [4.69, 9.17) is 4.74 Å². The molecule has 2 aliphatic heterocycles. The van der Waals surface area contributed by atoms with Crippen molar-refractivity contribution in [2.75, 3.05) is 26.7 Å². The molecule has 2 unspecified atom stereocenters. The Kier molecular flexibility index (Phi) is 4.22. The van der Waals surface area contributed by atoms with Crippen LogP contribution in [-0.4, -0.2) is 53.6 Å². The molecule has 3 heterocycles. The Balaban J connectivity index is 1.62. The van der Waals surface area contributed by atoms with Gasteiger partial charge in [0.1, 0.15) is 6.10 Å². The Bertz CT molecular complexity index is 451. The second-order valence-corrected chi connectivity index (χ2v) is 6.22. The maximum atomic E-state index is 6.14. The van der Waals surface area contributed by atoms with E-state index in [9.17, 15) is 0 Å². The summed E-state index contributed by atoms with van der Waals surface area (Å²) in [7, 11) is 2.16. The lowest BCUT2D eigenvalue weighted by Gasteiger charge is -2.25. The van der Waals surface area contributed by atoms with Crippen LogP contribution in [0.3, 0.4) is 0 Å². The third-order valence-electron chi connectivity index (χ3n) is 4.51. The van der Waals surface area contributed by atoms with Gasteiger partial charge in [-0.25, -0.2) is 4.98 Å². The molecule has 2 atom stereocenters. The highest BCUT2D eigenvalue weighted by Gasteiger charge is 2.25. The van der Waals surface area contributed by atoms with E-state index in [0.29, 0.717) is 0 Å². The van der Waals surface area contributed by atoms with E-state index >= 15 is 0 Å². The van der Waals surface area contributed by atoms with Gasteiger partial charge >= 0.3 is 0 Å². The van der Waals surface area contributed by atoms with Crippen LogP contribution in [0.2, 0.25) is 0 Å². The third-order valence-corrected chi connectivity index (χ3v) is 4.51. The molecule has 0 N–H and O–H groups in total. The van der Waals surface area contributed by atoms with Gasteiger partial charge < -0.3 is 9.64 Å². The van der Waals surface area contributed by atoms with E-state index in [1.54, 1.807) is 0 Å². The Morgan fingerprint density at radius 2 is 2.35 bits per heavy atom. The van der Waals surface area contributed by atoms with Crippen LogP contribution in [0.1, 0.15) is 31.7 Å². The predicted octanol–water partition coefficient (Wildman–Crippen LogP) is 2.15. The minimum Gasteiger partial charge on any atom is -0.473 e. The summed E-state index contributed by atoms with van der Waals surface area (Å²) in [4.78, 5) is 9.33. The van der Waals surface area contributed by atoms with Gasteiger partial charge in [0.25, 0.3) is 0 Å². The van der Waals surface area contributed by atoms with Crippen molar-refractivity contribution in [1.82, 2.24) is 14.8 Å². The summed E-state index contributed by atoms with van der Waals surface area (Å²) in [5, 5.41) is 0. The summed E-state index contributed by atoms with van der Waals surface area (Å²) in [5.41, 5.74) is 1.20. The molecule has 2 aliphatic rings. The van der Waals surface area contributed by atoms with Crippen LogP contribution in [0.5, 0.6) is 5.88 Å². The molecule has 0 spiro atoms. The monoisotopic (exact) mass is 275 g/mol. The highest BCUT2D eigenvalue weighted by molar-refractivity contribution is 5.26. The summed E-state index contributed by atoms with van der Waals surface area (Å²) in [6, 6.07) is 4.84. The highest BCUT2D eigenvalue weighted by atomic mass is 16.5. The molecule has 4 heteroatoms. The quantitative estimate of drug-likeness (QED) is 0.845. The average molecular weight is 275 g/mol. The summed E-state index contributed by atoms with van der Waals surface area (Å²) in [5.74, 6) is 0.830. The molecule has 110 valence electrons. The first-order valence-electron chi connectivity index (χ1n) is 7.75. The average Bonchev–Trinajstić information content (AvgIpc) is 2.75. The molecule has 1 aromatic rings. The fourth-order valence-electron chi connectivity index (χ4n) is 3.33. The first-order valence-corrected chi connectivity index (χ1v) is 7.75. The molecule has 3 rings (SSSR count). The SMILES string of the molecule is CC1CCCN1CCC1CN(C)Cc2cccnc2O1. The van der Waals surface area contributed by atoms with Gasteiger partial charge in [0.2, 0.25) is 5.88 Å². The molecule has 1 aromatic heterocycles. The van der Waals surface area contributed by atoms with Gasteiger partial charge in [0.05, 0.1) is 0 Å². The molecular formula is C16H25N3O. The van der Waals surface area contributed by atoms with Crippen LogP contribution in [0.15, 0.2) is 18.3 Å². The number of likely N-dealkylation sites (tertiary alicyclic amines) is 1. The predicted molar refractivity (Wildman–Crippen MR) is 79.9 cm³/mol. The van der Waals surface area contributed by atoms with Crippen molar-refractivity contribution in [2.24, 2.45) is 0 Å². The van der Waals surface area contributed by atoms with Crippen LogP contribution in [0.25, 0.3) is 0 Å². The van der Waals surface area contributed by atoms with Crippen LogP contribution in [0, 0.1) is 0 Å². The zero-order chi connectivity index (χ0) is 13.9. The molecule has 1 saturated heterocycles. The van der Waals surface area contributed by atoms with Crippen molar-refractivity contribution < 1.29 is 4.74 Å². The van der Waals surface area contributed by atoms with Gasteiger partial charge in [0, 0.05) is 37.4 Å². The fraction of sp³-hybridized carbons (Fsp3) is 0.688. The van der Waals surface area contributed by atoms with E-state index in [0.717, 1.165) is 38.0 Å². The number of pyridine rings is 1. The van der Waals surface area contributed by atoms with Crippen LogP contribution in [-0.2, 0) is 6.54 Å². The minimum absolute atomic E-state index is 0.254. The number of aromatic nitrogens is 1. The maximum absolute atomic E-state index is 6.14. The van der Waals surface area contributed by atoms with Gasteiger partial charge in [-0.05, 0) is 45.8 Å². The molecule has 20 heavy (non-hydrogen) atoms. The van der Waals surface area contributed by atoms with Gasteiger partial charge in [-0.15, -0.1) is 0 Å². The third kappa shape index (κ3) is 3.13. The zero-order valence-corrected chi connectivity index (χ0v) is 12.6. The molecule has 0 saturated carbocycles. The number of nitrogens with zero attached hydrogens (tertiary/aromatic N) is 3. The van der Waals surface area contributed by atoms with E-state index in [1.807, 2.05) is 12.3 Å². The number of rotatable bonds is 3. The normalized spacial score (nSPS) is 27.9. The van der Waals surface area contributed by atoms with Crippen molar-refractivity contribution in [3.05, 3.63) is 23.9 Å². The first kappa shape index (κ1) is 13.8. The second kappa shape index (κ2) is 6.10. The highest BCUT2D eigenvalue weighted by Crippen LogP contribution is 2.23. The smallest absolute Gasteiger partial charge is 0.218 e. The molecule has 0 amide bonds. The maximum Gasteiger partial charge on any atom is 0.218 e. The lowest BCUT2D eigenvalue weighted by Crippen LogP contribution is -2.35. The zero-order valence-electron chi connectivity index (χ0n) is 12.6. The Hall–Kier alpha value is -1.13. The van der Waals surface area contributed by atoms with Gasteiger partial charge in [-0.3, -0.25) is 4.90 Å². The van der Waals surface area contributed by atoms with E-state index in [2.05, 4.69) is 34.8 Å². The largest absolute Gasteiger partial charge is 0.473 e. The van der Waals surface area contributed by atoms with E-state index < -0.39 is 0 Å². The van der Waals surface area contributed by atoms with Crippen molar-refractivity contribution in [2.45, 2.75) is 44.9 Å². The fourth-order valence-corrected chi connectivity index (χ4v) is 3.33. The molecule has 1 fully saturated rings. The number of hydrogen-bond acceptors (Lipinski definition) is 4. The molecule has 0 radical (unpaired) electrons. The van der Waals surface area contributed by atoms with E-state index in [-0.39, 0.29) is 6.10 Å². The van der Waals surface area contributed by atoms with Crippen molar-refractivity contribution in [3.8, 4) is 5.88 Å². The standard InChI is InChI=1S/C16H25N3O/c1-13-5-4-9-19(13)10-7-15-12-18(2)11-14-6-3-8-17-16(14)20-15/h3,6,8,13,15H,4-5,7,9-12H2,1-2H3. The summed E-state index contributed by atoms with van der Waals surface area (Å²) >= 11 is 0. The van der Waals surface area contributed by atoms with Crippen LogP contribution >= 0.6 is 0 Å². The first-order chi connectivity index (χ1) is 9.72. The number of ether oxygens (including phenoxy) is 1. The summed E-state index contributed by atoms with van der Waals surface area (Å²) in [6.45, 7) is 6.64. The lowest BCUT2D eigenvalue weighted by atomic mass is 10.2. The molecule has 0 bridgehead atoms. The lowest BCUT2D eigenvalue weighted by molar-refractivity contribution is 0.129. The second-order valence-electron chi connectivity index (χ2n) is 6.22. The number of fused-ring (bicyclic) bond motifs is 1. The molecule has 0 aromatic carbocycles. The van der Waals surface area contributed by atoms with Gasteiger partial charge in [0.15, 0.2) is 0 Å². The number of likely N-dealkylation sites (N-methyl/N-ethyl adjacent to an activating group) is 1. The molecule has 4 nitrogen and oxygen atoms in total. The van der Waals surface area contributed by atoms with Crippen molar-refractivity contribution in [1.29, 1.82) is 0 Å². The summed E-state index contributed by atoms with van der Waals surface area (Å²) in [6.07, 6.45) is 5.85. The van der Waals surface area contributed by atoms with Crippen LogP contribution < -0.4 is 4.74 Å².